The fraction of sp³-hybridized carbons (Fsp3) is 0.256. The lowest BCUT2D eigenvalue weighted by atomic mass is 10.1. The minimum absolute atomic E-state index is 0.0510. The highest BCUT2D eigenvalue weighted by Gasteiger charge is 2.35. The van der Waals surface area contributed by atoms with E-state index >= 15 is 0 Å². The summed E-state index contributed by atoms with van der Waals surface area (Å²) in [7, 11) is -9.03. The van der Waals surface area contributed by atoms with Crippen molar-refractivity contribution < 1.29 is 44.6 Å². The van der Waals surface area contributed by atoms with Gasteiger partial charge in [0.05, 0.1) is 0 Å². The summed E-state index contributed by atoms with van der Waals surface area (Å²) in [6.45, 7) is 8.14. The van der Waals surface area contributed by atoms with Gasteiger partial charge in [0, 0.05) is 57.4 Å². The van der Waals surface area contributed by atoms with Crippen LogP contribution in [0.4, 0.5) is 4.79 Å². The largest absolute Gasteiger partial charge is 0.487 e. The first-order valence-corrected chi connectivity index (χ1v) is 21.5. The molecule has 0 saturated carbocycles. The van der Waals surface area contributed by atoms with Crippen molar-refractivity contribution >= 4 is 32.2 Å². The van der Waals surface area contributed by atoms with Crippen molar-refractivity contribution in [2.45, 2.75) is 56.8 Å². The zero-order chi connectivity index (χ0) is 41.2. The maximum atomic E-state index is 14.9. The molecule has 2 heterocycles. The third-order valence-electron chi connectivity index (χ3n) is 10.2. The van der Waals surface area contributed by atoms with Crippen molar-refractivity contribution in [3.05, 3.63) is 148 Å². The van der Waals surface area contributed by atoms with E-state index in [0.29, 0.717) is 32.7 Å². The second-order valence-electron chi connectivity index (χ2n) is 14.5. The van der Waals surface area contributed by atoms with Crippen LogP contribution in [0.15, 0.2) is 113 Å². The normalized spacial score (nSPS) is 14.5. The topological polar surface area (TPSA) is 160 Å². The lowest BCUT2D eigenvalue weighted by Gasteiger charge is -2.33. The molecule has 2 aliphatic heterocycles. The average Bonchev–Trinajstić information content (AvgIpc) is 3.63. The highest BCUT2D eigenvalue weighted by atomic mass is 32.2. The lowest BCUT2D eigenvalue weighted by molar-refractivity contribution is 0.0744. The predicted molar refractivity (Wildman–Crippen MR) is 215 cm³/mol. The Morgan fingerprint density at radius 1 is 0.638 bits per heavy atom. The van der Waals surface area contributed by atoms with Crippen LogP contribution in [0.25, 0.3) is 0 Å². The molecule has 0 spiro atoms. The van der Waals surface area contributed by atoms with Gasteiger partial charge < -0.3 is 28.0 Å². The molecule has 1 fully saturated rings. The molecule has 5 aromatic rings. The zero-order valence-corrected chi connectivity index (χ0v) is 33.9. The van der Waals surface area contributed by atoms with Crippen LogP contribution >= 0.6 is 0 Å². The Hall–Kier alpha value is -5.90. The number of carbonyl (C=O) groups is 2. The maximum Gasteiger partial charge on any atom is 0.407 e. The van der Waals surface area contributed by atoms with Gasteiger partial charge in [0.15, 0.2) is 11.5 Å². The Balaban J connectivity index is 1.27. The van der Waals surface area contributed by atoms with Gasteiger partial charge in [-0.2, -0.15) is 16.8 Å². The minimum atomic E-state index is -4.58. The second-order valence-corrected chi connectivity index (χ2v) is 17.6. The third-order valence-corrected chi connectivity index (χ3v) is 12.7. The number of amides is 2. The van der Waals surface area contributed by atoms with Gasteiger partial charge in [-0.25, -0.2) is 4.79 Å². The van der Waals surface area contributed by atoms with Crippen molar-refractivity contribution in [3.8, 4) is 17.2 Å². The highest BCUT2D eigenvalue weighted by Crippen LogP contribution is 2.43. The summed E-state index contributed by atoms with van der Waals surface area (Å²) < 4.78 is 72.8. The number of hydrogen-bond acceptors (Lipinski definition) is 10. The van der Waals surface area contributed by atoms with E-state index in [1.807, 2.05) is 62.4 Å². The van der Waals surface area contributed by atoms with Gasteiger partial charge >= 0.3 is 26.3 Å². The van der Waals surface area contributed by atoms with Crippen LogP contribution in [0, 0.1) is 20.8 Å². The van der Waals surface area contributed by atoms with Crippen molar-refractivity contribution in [2.24, 2.45) is 0 Å². The van der Waals surface area contributed by atoms with Crippen LogP contribution in [0.1, 0.15) is 49.3 Å². The molecule has 5 aromatic carbocycles. The van der Waals surface area contributed by atoms with Crippen LogP contribution in [0.2, 0.25) is 0 Å². The zero-order valence-electron chi connectivity index (χ0n) is 32.3. The molecule has 7 rings (SSSR count). The van der Waals surface area contributed by atoms with Crippen molar-refractivity contribution in [1.29, 1.82) is 0 Å². The molecule has 0 unspecified atom stereocenters. The van der Waals surface area contributed by atoms with E-state index in [9.17, 15) is 31.5 Å². The van der Waals surface area contributed by atoms with Gasteiger partial charge in [-0.3, -0.25) is 9.69 Å². The fourth-order valence-electron chi connectivity index (χ4n) is 6.92. The smallest absolute Gasteiger partial charge is 0.407 e. The Kier molecular flexibility index (Phi) is 11.5. The summed E-state index contributed by atoms with van der Waals surface area (Å²) in [6.07, 6.45) is -0.929. The van der Waals surface area contributed by atoms with E-state index in [1.165, 1.54) is 36.1 Å². The van der Waals surface area contributed by atoms with Crippen LogP contribution in [0.5, 0.6) is 17.2 Å². The molecule has 0 atom stereocenters. The van der Waals surface area contributed by atoms with Gasteiger partial charge in [-0.1, -0.05) is 83.9 Å². The van der Waals surface area contributed by atoms with E-state index < -0.39 is 38.0 Å². The summed E-state index contributed by atoms with van der Waals surface area (Å²) in [5, 5.41) is 9.33. The molecule has 2 aliphatic rings. The number of benzene rings is 5. The SMILES string of the molecule is Cc1ccc(S(=O)(=O)Oc2cc(OS(=O)(=O)c3ccc(C)cc3)c(C(=O)N3Cc4ccc(CN5CCN(C(=O)O)CC5)cc4C3)c(OCc3ccccc3)c2C)cc1. The lowest BCUT2D eigenvalue weighted by Crippen LogP contribution is -2.47. The fourth-order valence-corrected chi connectivity index (χ4v) is 8.83. The third kappa shape index (κ3) is 8.96. The summed E-state index contributed by atoms with van der Waals surface area (Å²) in [6, 6.07) is 28.2. The van der Waals surface area contributed by atoms with E-state index in [-0.39, 0.29) is 52.1 Å². The van der Waals surface area contributed by atoms with E-state index in [4.69, 9.17) is 13.1 Å². The molecule has 0 aliphatic carbocycles. The number of hydrogen-bond donors (Lipinski definition) is 1. The molecular weight excluding hydrogens is 783 g/mol. The molecule has 302 valence electrons. The number of fused-ring (bicyclic) bond motifs is 1. The Labute approximate surface area is 338 Å². The predicted octanol–water partition coefficient (Wildman–Crippen LogP) is 6.68. The Bertz CT molecular complexity index is 2560. The number of carbonyl (C=O) groups excluding carboxylic acids is 1. The number of carboxylic acid groups (broad SMARTS) is 1. The number of aryl methyl sites for hydroxylation is 2. The van der Waals surface area contributed by atoms with E-state index in [1.54, 1.807) is 29.2 Å². The van der Waals surface area contributed by atoms with Crippen molar-refractivity contribution in [1.82, 2.24) is 14.7 Å². The quantitative estimate of drug-likeness (QED) is 0.134. The number of piperazine rings is 1. The number of rotatable bonds is 12. The van der Waals surface area contributed by atoms with Gasteiger partial charge in [0.2, 0.25) is 0 Å². The van der Waals surface area contributed by atoms with Gasteiger partial charge in [0.1, 0.15) is 27.7 Å². The Morgan fingerprint density at radius 3 is 1.79 bits per heavy atom. The minimum Gasteiger partial charge on any atom is -0.487 e. The summed E-state index contributed by atoms with van der Waals surface area (Å²) in [4.78, 5) is 31.1. The van der Waals surface area contributed by atoms with Gasteiger partial charge in [-0.15, -0.1) is 0 Å². The molecule has 0 radical (unpaired) electrons. The van der Waals surface area contributed by atoms with Crippen LogP contribution in [-0.4, -0.2) is 74.8 Å². The first kappa shape index (κ1) is 40.3. The van der Waals surface area contributed by atoms with Crippen molar-refractivity contribution in [3.63, 3.8) is 0 Å². The van der Waals surface area contributed by atoms with Crippen LogP contribution < -0.4 is 13.1 Å². The molecule has 58 heavy (non-hydrogen) atoms. The monoisotopic (exact) mass is 825 g/mol. The van der Waals surface area contributed by atoms with Crippen molar-refractivity contribution in [2.75, 3.05) is 26.2 Å². The van der Waals surface area contributed by atoms with Gasteiger partial charge in [-0.05, 0) is 67.3 Å². The summed E-state index contributed by atoms with van der Waals surface area (Å²) in [5.41, 5.74) is 5.11. The molecule has 15 heteroatoms. The average molecular weight is 826 g/mol. The highest BCUT2D eigenvalue weighted by molar-refractivity contribution is 7.87. The first-order valence-electron chi connectivity index (χ1n) is 18.6. The van der Waals surface area contributed by atoms with Crippen LogP contribution in [0.3, 0.4) is 0 Å². The molecule has 0 aromatic heterocycles. The van der Waals surface area contributed by atoms with Crippen LogP contribution in [-0.2, 0) is 46.5 Å². The molecule has 0 bridgehead atoms. The first-order chi connectivity index (χ1) is 27.7. The second kappa shape index (κ2) is 16.5. The number of nitrogens with zero attached hydrogens (tertiary/aromatic N) is 3. The maximum absolute atomic E-state index is 14.9. The number of ether oxygens (including phenoxy) is 1. The molecule has 13 nitrogen and oxygen atoms in total. The molecule has 1 N–H and O–H groups in total. The Morgan fingerprint density at radius 2 is 1.21 bits per heavy atom. The van der Waals surface area contributed by atoms with Gasteiger partial charge in [0.25, 0.3) is 5.91 Å². The molecule has 1 saturated heterocycles. The van der Waals surface area contributed by atoms with E-state index in [0.717, 1.165) is 39.4 Å². The van der Waals surface area contributed by atoms with E-state index in [2.05, 4.69) is 4.90 Å². The summed E-state index contributed by atoms with van der Waals surface area (Å²) in [5.74, 6) is -1.45. The molecule has 2 amide bonds. The molecular formula is C43H43N3O10S2. The standard InChI is InChI=1S/C43H43N3O10S2/c1-29-9-15-36(16-10-29)57(50,51)55-38-24-39(56-58(52,53)37-17-11-30(2)12-18-37)40(41(31(38)3)54-28-32-7-5-4-6-8-32)42(47)46-26-34-14-13-33(23-35(34)27-46)25-44-19-21-45(22-20-44)43(48)49/h4-18,23-24H,19-22,25-28H2,1-3H3,(H,48,49). The summed E-state index contributed by atoms with van der Waals surface area (Å²) >= 11 is 0.